The number of carbonyl (C=O) groups is 1. The van der Waals surface area contributed by atoms with Gasteiger partial charge in [-0.05, 0) is 30.7 Å². The van der Waals surface area contributed by atoms with Gasteiger partial charge in [0.15, 0.2) is 6.61 Å². The van der Waals surface area contributed by atoms with Gasteiger partial charge in [0.1, 0.15) is 5.75 Å². The van der Waals surface area contributed by atoms with Gasteiger partial charge >= 0.3 is 0 Å². The van der Waals surface area contributed by atoms with Crippen LogP contribution in [0.25, 0.3) is 0 Å². The zero-order chi connectivity index (χ0) is 16.0. The van der Waals surface area contributed by atoms with Gasteiger partial charge in [-0.1, -0.05) is 25.4 Å². The van der Waals surface area contributed by atoms with Crippen molar-refractivity contribution >= 4 is 17.5 Å². The van der Waals surface area contributed by atoms with E-state index in [1.165, 1.54) is 4.90 Å². The van der Waals surface area contributed by atoms with E-state index in [0.717, 1.165) is 12.1 Å². The molecule has 118 valence electrons. The molecule has 21 heavy (non-hydrogen) atoms. The number of hydrogen-bond donors (Lipinski definition) is 2. The summed E-state index contributed by atoms with van der Waals surface area (Å²) < 4.78 is 5.52. The SMILES string of the molecule is Cc1cc(Cl)ccc1OCC(=O)NCC(C)(C)C[NH+](C)C. The number of benzene rings is 1. The number of ether oxygens (including phenoxy) is 1. The lowest BCUT2D eigenvalue weighted by Crippen LogP contribution is -3.07. The lowest BCUT2D eigenvalue weighted by atomic mass is 9.93. The van der Waals surface area contributed by atoms with Crippen molar-refractivity contribution in [2.24, 2.45) is 5.41 Å². The highest BCUT2D eigenvalue weighted by Gasteiger charge is 2.22. The first-order valence-corrected chi connectivity index (χ1v) is 7.52. The summed E-state index contributed by atoms with van der Waals surface area (Å²) in [6.07, 6.45) is 0. The van der Waals surface area contributed by atoms with Gasteiger partial charge in [-0.25, -0.2) is 0 Å². The van der Waals surface area contributed by atoms with Crippen molar-refractivity contribution in [1.29, 1.82) is 0 Å². The van der Waals surface area contributed by atoms with Crippen LogP contribution in [0.15, 0.2) is 18.2 Å². The van der Waals surface area contributed by atoms with Crippen LogP contribution in [0.3, 0.4) is 0 Å². The maximum absolute atomic E-state index is 11.9. The first-order valence-electron chi connectivity index (χ1n) is 7.14. The van der Waals surface area contributed by atoms with Crippen molar-refractivity contribution in [1.82, 2.24) is 5.32 Å². The Labute approximate surface area is 132 Å². The highest BCUT2D eigenvalue weighted by atomic mass is 35.5. The molecular formula is C16H26ClN2O2+. The number of aryl methyl sites for hydroxylation is 1. The van der Waals surface area contributed by atoms with Gasteiger partial charge in [0.25, 0.3) is 5.91 Å². The summed E-state index contributed by atoms with van der Waals surface area (Å²) in [5.74, 6) is 0.581. The van der Waals surface area contributed by atoms with Crippen molar-refractivity contribution < 1.29 is 14.4 Å². The lowest BCUT2D eigenvalue weighted by molar-refractivity contribution is -0.865. The highest BCUT2D eigenvalue weighted by molar-refractivity contribution is 6.30. The van der Waals surface area contributed by atoms with Crippen LogP contribution >= 0.6 is 11.6 Å². The van der Waals surface area contributed by atoms with Gasteiger partial charge in [0.05, 0.1) is 20.6 Å². The zero-order valence-corrected chi connectivity index (χ0v) is 14.3. The third-order valence-corrected chi connectivity index (χ3v) is 3.33. The summed E-state index contributed by atoms with van der Waals surface area (Å²) in [5.41, 5.74) is 0.983. The molecule has 0 fully saturated rings. The quantitative estimate of drug-likeness (QED) is 0.797. The smallest absolute Gasteiger partial charge is 0.257 e. The molecule has 1 aromatic rings. The second kappa shape index (κ2) is 7.66. The van der Waals surface area contributed by atoms with Crippen molar-refractivity contribution in [3.8, 4) is 5.75 Å². The zero-order valence-electron chi connectivity index (χ0n) is 13.5. The van der Waals surface area contributed by atoms with E-state index in [9.17, 15) is 4.79 Å². The molecule has 0 atom stereocenters. The molecule has 1 rings (SSSR count). The summed E-state index contributed by atoms with van der Waals surface area (Å²) in [5, 5.41) is 3.59. The van der Waals surface area contributed by atoms with Crippen molar-refractivity contribution in [3.05, 3.63) is 28.8 Å². The normalized spacial score (nSPS) is 11.6. The Hall–Kier alpha value is -1.26. The molecule has 0 aliphatic heterocycles. The van der Waals surface area contributed by atoms with Crippen LogP contribution in [0.4, 0.5) is 0 Å². The van der Waals surface area contributed by atoms with E-state index in [0.29, 0.717) is 17.3 Å². The van der Waals surface area contributed by atoms with E-state index in [4.69, 9.17) is 16.3 Å². The Morgan fingerprint density at radius 3 is 2.62 bits per heavy atom. The Bertz CT molecular complexity index is 487. The predicted octanol–water partition coefficient (Wildman–Crippen LogP) is 1.31. The van der Waals surface area contributed by atoms with Crippen LogP contribution in [0.5, 0.6) is 5.75 Å². The van der Waals surface area contributed by atoms with E-state index >= 15 is 0 Å². The molecule has 0 spiro atoms. The Morgan fingerprint density at radius 1 is 1.38 bits per heavy atom. The molecule has 0 heterocycles. The molecule has 1 amide bonds. The second-order valence-electron chi connectivity index (χ2n) is 6.52. The van der Waals surface area contributed by atoms with Gasteiger partial charge in [-0.15, -0.1) is 0 Å². The van der Waals surface area contributed by atoms with Crippen LogP contribution in [0, 0.1) is 12.3 Å². The molecular weight excluding hydrogens is 288 g/mol. The van der Waals surface area contributed by atoms with Crippen LogP contribution in [-0.2, 0) is 4.79 Å². The standard InChI is InChI=1S/C16H25ClN2O2/c1-12-8-13(17)6-7-14(12)21-9-15(20)18-10-16(2,3)11-19(4)5/h6-8H,9-11H2,1-5H3,(H,18,20)/p+1. The minimum atomic E-state index is -0.105. The minimum Gasteiger partial charge on any atom is -0.484 e. The van der Waals surface area contributed by atoms with Crippen molar-refractivity contribution in [2.45, 2.75) is 20.8 Å². The summed E-state index contributed by atoms with van der Waals surface area (Å²) in [7, 11) is 4.21. The number of carbonyl (C=O) groups excluding carboxylic acids is 1. The molecule has 1 aromatic carbocycles. The molecule has 0 saturated heterocycles. The number of quaternary nitrogens is 1. The summed E-state index contributed by atoms with van der Waals surface area (Å²) in [6, 6.07) is 5.35. The largest absolute Gasteiger partial charge is 0.484 e. The Balaban J connectivity index is 2.41. The first kappa shape index (κ1) is 17.8. The van der Waals surface area contributed by atoms with Gasteiger partial charge in [0.2, 0.25) is 0 Å². The number of hydrogen-bond acceptors (Lipinski definition) is 2. The van der Waals surface area contributed by atoms with Crippen molar-refractivity contribution in [2.75, 3.05) is 33.8 Å². The molecule has 4 nitrogen and oxygen atoms in total. The molecule has 0 unspecified atom stereocenters. The summed E-state index contributed by atoms with van der Waals surface area (Å²) in [4.78, 5) is 13.2. The second-order valence-corrected chi connectivity index (χ2v) is 6.96. The predicted molar refractivity (Wildman–Crippen MR) is 86.2 cm³/mol. The van der Waals surface area contributed by atoms with Crippen molar-refractivity contribution in [3.63, 3.8) is 0 Å². The number of halogens is 1. The topological polar surface area (TPSA) is 42.8 Å². The Kier molecular flexibility index (Phi) is 6.49. The third kappa shape index (κ3) is 6.82. The fourth-order valence-corrected chi connectivity index (χ4v) is 2.55. The van der Waals surface area contributed by atoms with E-state index in [1.807, 2.05) is 13.0 Å². The van der Waals surface area contributed by atoms with Gasteiger partial charge in [-0.3, -0.25) is 4.79 Å². The summed E-state index contributed by atoms with van der Waals surface area (Å²) >= 11 is 5.88. The maximum Gasteiger partial charge on any atom is 0.257 e. The van der Waals surface area contributed by atoms with Crippen LogP contribution in [-0.4, -0.2) is 39.7 Å². The van der Waals surface area contributed by atoms with Crippen LogP contribution < -0.4 is 15.0 Å². The number of rotatable bonds is 7. The first-order chi connectivity index (χ1) is 9.69. The molecule has 5 heteroatoms. The number of nitrogens with one attached hydrogen (secondary N) is 2. The van der Waals surface area contributed by atoms with E-state index in [1.54, 1.807) is 12.1 Å². The summed E-state index contributed by atoms with van der Waals surface area (Å²) in [6.45, 7) is 7.84. The molecule has 0 bridgehead atoms. The van der Waals surface area contributed by atoms with Crippen LogP contribution in [0.2, 0.25) is 5.02 Å². The lowest BCUT2D eigenvalue weighted by Gasteiger charge is -2.26. The third-order valence-electron chi connectivity index (χ3n) is 3.09. The van der Waals surface area contributed by atoms with E-state index < -0.39 is 0 Å². The fraction of sp³-hybridized carbons (Fsp3) is 0.562. The molecule has 0 saturated carbocycles. The maximum atomic E-state index is 11.9. The van der Waals surface area contributed by atoms with Gasteiger partial charge in [0, 0.05) is 17.0 Å². The average Bonchev–Trinajstić information content (AvgIpc) is 2.34. The van der Waals surface area contributed by atoms with Gasteiger partial charge in [-0.2, -0.15) is 0 Å². The van der Waals surface area contributed by atoms with Gasteiger partial charge < -0.3 is 15.0 Å². The Morgan fingerprint density at radius 2 is 2.05 bits per heavy atom. The molecule has 0 aliphatic carbocycles. The monoisotopic (exact) mass is 313 g/mol. The average molecular weight is 314 g/mol. The molecule has 0 aliphatic rings. The highest BCUT2D eigenvalue weighted by Crippen LogP contribution is 2.21. The van der Waals surface area contributed by atoms with E-state index in [2.05, 4.69) is 33.3 Å². The molecule has 0 radical (unpaired) electrons. The van der Waals surface area contributed by atoms with Crippen LogP contribution in [0.1, 0.15) is 19.4 Å². The van der Waals surface area contributed by atoms with E-state index in [-0.39, 0.29) is 17.9 Å². The number of amides is 1. The molecule has 2 N–H and O–H groups in total. The molecule has 0 aromatic heterocycles. The fourth-order valence-electron chi connectivity index (χ4n) is 2.33. The minimum absolute atomic E-state index is 0.0212.